The zero-order valence-corrected chi connectivity index (χ0v) is 23.2. The number of hydrogen-bond acceptors (Lipinski definition) is 7. The number of halogens is 1. The van der Waals surface area contributed by atoms with Crippen molar-refractivity contribution in [3.8, 4) is 17.0 Å². The minimum atomic E-state index is -1.11. The van der Waals surface area contributed by atoms with Gasteiger partial charge in [0.15, 0.2) is 5.58 Å². The fraction of sp³-hybridized carbons (Fsp3) is 0.276. The van der Waals surface area contributed by atoms with Gasteiger partial charge < -0.3 is 19.2 Å². The van der Waals surface area contributed by atoms with Crippen molar-refractivity contribution in [2.45, 2.75) is 39.3 Å². The molecule has 9 heteroatoms. The summed E-state index contributed by atoms with van der Waals surface area (Å²) in [4.78, 5) is 25.0. The first kappa shape index (κ1) is 26.2. The summed E-state index contributed by atoms with van der Waals surface area (Å²) in [7, 11) is 3.97. The van der Waals surface area contributed by atoms with Gasteiger partial charge in [0.25, 0.3) is 0 Å². The second kappa shape index (κ2) is 10.7. The fourth-order valence-corrected chi connectivity index (χ4v) is 5.99. The van der Waals surface area contributed by atoms with Crippen LogP contribution in [0.2, 0.25) is 5.02 Å². The van der Waals surface area contributed by atoms with E-state index in [-0.39, 0.29) is 12.3 Å². The minimum Gasteiger partial charge on any atom is -0.478 e. The monoisotopic (exact) mass is 549 g/mol. The highest BCUT2D eigenvalue weighted by Crippen LogP contribution is 2.46. The first-order chi connectivity index (χ1) is 18.3. The van der Waals surface area contributed by atoms with Crippen LogP contribution in [0.25, 0.3) is 32.3 Å². The van der Waals surface area contributed by atoms with E-state index in [1.807, 2.05) is 62.3 Å². The largest absolute Gasteiger partial charge is 0.478 e. The number of aliphatic carboxylic acids is 1. The predicted molar refractivity (Wildman–Crippen MR) is 151 cm³/mol. The molecule has 0 fully saturated rings. The minimum absolute atomic E-state index is 0.211. The number of aryl methyl sites for hydroxylation is 1. The highest BCUT2D eigenvalue weighted by molar-refractivity contribution is 7.19. The van der Waals surface area contributed by atoms with E-state index < -0.39 is 12.1 Å². The Hall–Kier alpha value is -3.46. The molecule has 0 unspecified atom stereocenters. The Balaban J connectivity index is 1.66. The summed E-state index contributed by atoms with van der Waals surface area (Å²) >= 11 is 8.41. The zero-order chi connectivity index (χ0) is 27.0. The average molecular weight is 550 g/mol. The average Bonchev–Trinajstić information content (AvgIpc) is 3.47. The Morgan fingerprint density at radius 3 is 2.66 bits per heavy atom. The number of thiophene rings is 1. The molecular formula is C29H28ClN3O4S. The lowest BCUT2D eigenvalue weighted by Crippen LogP contribution is -2.29. The molecule has 0 radical (unpaired) electrons. The summed E-state index contributed by atoms with van der Waals surface area (Å²) in [6.07, 6.45) is 1.28. The van der Waals surface area contributed by atoms with Crippen molar-refractivity contribution in [1.82, 2.24) is 14.9 Å². The van der Waals surface area contributed by atoms with Gasteiger partial charge in [-0.15, -0.1) is 11.3 Å². The molecule has 38 heavy (non-hydrogen) atoms. The number of hydrogen-bond donors (Lipinski definition) is 1. The molecule has 0 saturated heterocycles. The van der Waals surface area contributed by atoms with Gasteiger partial charge in [-0.1, -0.05) is 48.9 Å². The fourth-order valence-electron chi connectivity index (χ4n) is 4.66. The number of carbonyl (C=O) groups is 1. The quantitative estimate of drug-likeness (QED) is 0.217. The Morgan fingerprint density at radius 2 is 1.97 bits per heavy atom. The van der Waals surface area contributed by atoms with Crippen LogP contribution < -0.4 is 4.74 Å². The Kier molecular flexibility index (Phi) is 7.38. The van der Waals surface area contributed by atoms with Crippen molar-refractivity contribution in [3.05, 3.63) is 75.6 Å². The lowest BCUT2D eigenvalue weighted by atomic mass is 9.96. The molecule has 0 aliphatic carbocycles. The number of fused-ring (bicyclic) bond motifs is 2. The van der Waals surface area contributed by atoms with Crippen LogP contribution >= 0.6 is 22.9 Å². The Morgan fingerprint density at radius 1 is 1.21 bits per heavy atom. The molecule has 0 saturated carbocycles. The maximum atomic E-state index is 12.2. The summed E-state index contributed by atoms with van der Waals surface area (Å²) in [6.45, 7) is 4.71. The molecule has 5 aromatic rings. The van der Waals surface area contributed by atoms with Gasteiger partial charge in [-0.25, -0.2) is 14.8 Å². The Bertz CT molecular complexity index is 1630. The second-order valence-corrected chi connectivity index (χ2v) is 10.9. The van der Waals surface area contributed by atoms with Gasteiger partial charge in [-0.2, -0.15) is 0 Å². The summed E-state index contributed by atoms with van der Waals surface area (Å²) in [5.41, 5.74) is 4.24. The summed E-state index contributed by atoms with van der Waals surface area (Å²) in [5.74, 6) is 0.0212. The second-order valence-electron chi connectivity index (χ2n) is 9.48. The van der Waals surface area contributed by atoms with Gasteiger partial charge >= 0.3 is 5.97 Å². The van der Waals surface area contributed by atoms with Crippen LogP contribution in [-0.4, -0.2) is 46.1 Å². The maximum absolute atomic E-state index is 12.2. The van der Waals surface area contributed by atoms with Crippen LogP contribution in [0.5, 0.6) is 5.88 Å². The third-order valence-electron chi connectivity index (χ3n) is 6.43. The summed E-state index contributed by atoms with van der Waals surface area (Å²) < 4.78 is 12.2. The molecule has 0 bridgehead atoms. The number of furan rings is 1. The summed E-state index contributed by atoms with van der Waals surface area (Å²) in [6, 6.07) is 13.5. The first-order valence-corrected chi connectivity index (χ1v) is 13.5. The third kappa shape index (κ3) is 4.99. The van der Waals surface area contributed by atoms with E-state index in [9.17, 15) is 9.90 Å². The lowest BCUT2D eigenvalue weighted by Gasteiger charge is -2.16. The number of ether oxygens (including phenoxy) is 1. The summed E-state index contributed by atoms with van der Waals surface area (Å²) in [5, 5.41) is 12.1. The van der Waals surface area contributed by atoms with E-state index >= 15 is 0 Å². The SMILES string of the molecule is CCc1sc2ncnc(O[C@H](Cc3ccccc3)C(=O)O)c2c1-c1cc2cc(CN(C)C)oc2c(Cl)c1C. The number of nitrogens with zero attached hydrogens (tertiary/aromatic N) is 3. The Labute approximate surface area is 229 Å². The standard InChI is InChI=1S/C29H28ClN3O4S/c1-5-22-23(20-13-18-12-19(14-33(3)4)36-26(18)25(30)16(20)2)24-27(31-15-32-28(24)38-22)37-21(29(34)35)11-17-9-7-6-8-10-17/h6-10,12-13,15,21H,5,11,14H2,1-4H3,(H,34,35)/t21-/m1/s1. The van der Waals surface area contributed by atoms with Gasteiger partial charge in [0.1, 0.15) is 16.9 Å². The van der Waals surface area contributed by atoms with E-state index in [2.05, 4.69) is 23.0 Å². The predicted octanol–water partition coefficient (Wildman–Crippen LogP) is 6.77. The normalized spacial score (nSPS) is 12.5. The van der Waals surface area contributed by atoms with Crippen LogP contribution in [-0.2, 0) is 24.2 Å². The van der Waals surface area contributed by atoms with Crippen LogP contribution in [0.4, 0.5) is 0 Å². The zero-order valence-electron chi connectivity index (χ0n) is 21.6. The van der Waals surface area contributed by atoms with Gasteiger partial charge in [-0.05, 0) is 56.3 Å². The molecule has 0 aliphatic heterocycles. The van der Waals surface area contributed by atoms with Gasteiger partial charge in [0, 0.05) is 22.2 Å². The molecule has 3 heterocycles. The number of carboxylic acid groups (broad SMARTS) is 1. The molecule has 0 aliphatic rings. The van der Waals surface area contributed by atoms with E-state index in [4.69, 9.17) is 20.8 Å². The maximum Gasteiger partial charge on any atom is 0.345 e. The molecule has 0 amide bonds. The van der Waals surface area contributed by atoms with E-state index in [0.717, 1.165) is 49.5 Å². The highest BCUT2D eigenvalue weighted by atomic mass is 35.5. The molecule has 5 rings (SSSR count). The topological polar surface area (TPSA) is 88.7 Å². The van der Waals surface area contributed by atoms with Crippen LogP contribution in [0.3, 0.4) is 0 Å². The number of aromatic nitrogens is 2. The number of rotatable bonds is 9. The molecular weight excluding hydrogens is 522 g/mol. The van der Waals surface area contributed by atoms with Crippen molar-refractivity contribution in [3.63, 3.8) is 0 Å². The number of carboxylic acids is 1. The first-order valence-electron chi connectivity index (χ1n) is 12.3. The van der Waals surface area contributed by atoms with Gasteiger partial charge in [0.2, 0.25) is 12.0 Å². The van der Waals surface area contributed by atoms with Crippen LogP contribution in [0.15, 0.2) is 53.2 Å². The van der Waals surface area contributed by atoms with Crippen molar-refractivity contribution < 1.29 is 19.1 Å². The molecule has 2 aromatic carbocycles. The van der Waals surface area contributed by atoms with E-state index in [0.29, 0.717) is 22.5 Å². The van der Waals surface area contributed by atoms with Crippen LogP contribution in [0.1, 0.15) is 28.7 Å². The van der Waals surface area contributed by atoms with Gasteiger partial charge in [0.05, 0.1) is 17.0 Å². The molecule has 7 nitrogen and oxygen atoms in total. The van der Waals surface area contributed by atoms with Crippen molar-refractivity contribution in [2.24, 2.45) is 0 Å². The highest BCUT2D eigenvalue weighted by Gasteiger charge is 2.27. The van der Waals surface area contributed by atoms with Crippen molar-refractivity contribution in [1.29, 1.82) is 0 Å². The van der Waals surface area contributed by atoms with Crippen LogP contribution in [0, 0.1) is 6.92 Å². The molecule has 196 valence electrons. The molecule has 1 N–H and O–H groups in total. The molecule has 1 atom stereocenters. The van der Waals surface area contributed by atoms with Crippen molar-refractivity contribution in [2.75, 3.05) is 14.1 Å². The van der Waals surface area contributed by atoms with E-state index in [1.165, 1.54) is 6.33 Å². The lowest BCUT2D eigenvalue weighted by molar-refractivity contribution is -0.145. The molecule has 3 aromatic heterocycles. The molecule has 0 spiro atoms. The smallest absolute Gasteiger partial charge is 0.345 e. The van der Waals surface area contributed by atoms with Gasteiger partial charge in [-0.3, -0.25) is 0 Å². The number of benzene rings is 2. The van der Waals surface area contributed by atoms with Crippen molar-refractivity contribution >= 4 is 50.1 Å². The van der Waals surface area contributed by atoms with E-state index in [1.54, 1.807) is 11.3 Å². The third-order valence-corrected chi connectivity index (χ3v) is 8.12.